The van der Waals surface area contributed by atoms with Gasteiger partial charge in [0.05, 0.1) is 0 Å². The van der Waals surface area contributed by atoms with E-state index in [1.165, 1.54) is 19.3 Å². The van der Waals surface area contributed by atoms with E-state index in [1.54, 1.807) is 7.11 Å². The van der Waals surface area contributed by atoms with Crippen LogP contribution in [0.15, 0.2) is 4.99 Å². The fourth-order valence-electron chi connectivity index (χ4n) is 1.64. The first kappa shape index (κ1) is 12.3. The van der Waals surface area contributed by atoms with Gasteiger partial charge >= 0.3 is 0 Å². The summed E-state index contributed by atoms with van der Waals surface area (Å²) in [4.78, 5) is 4.34. The van der Waals surface area contributed by atoms with Crippen LogP contribution in [0.5, 0.6) is 0 Å². The van der Waals surface area contributed by atoms with Crippen LogP contribution in [0, 0.1) is 0 Å². The zero-order chi connectivity index (χ0) is 11.1. The molecule has 0 amide bonds. The molecule has 0 aromatic heterocycles. The van der Waals surface area contributed by atoms with Crippen molar-refractivity contribution in [2.75, 3.05) is 20.3 Å². The van der Waals surface area contributed by atoms with Crippen molar-refractivity contribution in [3.63, 3.8) is 0 Å². The summed E-state index contributed by atoms with van der Waals surface area (Å²) < 4.78 is 4.95. The molecule has 0 heterocycles. The van der Waals surface area contributed by atoms with Crippen LogP contribution in [0.1, 0.15) is 32.6 Å². The number of ether oxygens (including phenoxy) is 1. The van der Waals surface area contributed by atoms with Gasteiger partial charge in [-0.15, -0.1) is 0 Å². The molecule has 0 aromatic rings. The summed E-state index contributed by atoms with van der Waals surface area (Å²) in [5, 5.41) is 3.33. The third-order valence-corrected chi connectivity index (χ3v) is 2.79. The van der Waals surface area contributed by atoms with Crippen molar-refractivity contribution in [1.29, 1.82) is 0 Å². The number of nitrogens with zero attached hydrogens (tertiary/aromatic N) is 1. The van der Waals surface area contributed by atoms with Crippen LogP contribution < -0.4 is 16.6 Å². The number of nitrogens with one attached hydrogen (secondary N) is 2. The molecule has 1 fully saturated rings. The highest BCUT2D eigenvalue weighted by molar-refractivity contribution is 5.80. The third-order valence-electron chi connectivity index (χ3n) is 2.79. The molecule has 4 N–H and O–H groups in total. The molecular weight excluding hydrogens is 192 g/mol. The number of hydrazine groups is 1. The first-order valence-electron chi connectivity index (χ1n) is 5.48. The topological polar surface area (TPSA) is 71.7 Å². The van der Waals surface area contributed by atoms with Gasteiger partial charge < -0.3 is 10.1 Å². The predicted octanol–water partition coefficient (Wildman–Crippen LogP) is 0.374. The summed E-state index contributed by atoms with van der Waals surface area (Å²) in [7, 11) is 1.69. The SMILES string of the molecule is COCCCN=C(NN)NC1(C)CCC1. The van der Waals surface area contributed by atoms with Crippen LogP contribution in [0.4, 0.5) is 0 Å². The Hall–Kier alpha value is -0.810. The summed E-state index contributed by atoms with van der Waals surface area (Å²) in [5.74, 6) is 6.09. The van der Waals surface area contributed by atoms with Crippen molar-refractivity contribution in [2.24, 2.45) is 10.8 Å². The normalized spacial score (nSPS) is 19.5. The minimum absolute atomic E-state index is 0.187. The molecule has 0 aliphatic heterocycles. The zero-order valence-electron chi connectivity index (χ0n) is 9.68. The van der Waals surface area contributed by atoms with Crippen molar-refractivity contribution in [3.05, 3.63) is 0 Å². The van der Waals surface area contributed by atoms with Gasteiger partial charge in [-0.3, -0.25) is 10.4 Å². The van der Waals surface area contributed by atoms with E-state index in [4.69, 9.17) is 10.6 Å². The molecule has 1 aliphatic carbocycles. The molecule has 0 bridgehead atoms. The van der Waals surface area contributed by atoms with Crippen LogP contribution in [-0.4, -0.2) is 31.8 Å². The van der Waals surface area contributed by atoms with Crippen LogP contribution in [0.2, 0.25) is 0 Å². The quantitative estimate of drug-likeness (QED) is 0.203. The highest BCUT2D eigenvalue weighted by Gasteiger charge is 2.32. The molecule has 5 nitrogen and oxygen atoms in total. The van der Waals surface area contributed by atoms with Crippen molar-refractivity contribution in [1.82, 2.24) is 10.7 Å². The summed E-state index contributed by atoms with van der Waals surface area (Å²) in [6.07, 6.45) is 4.57. The molecular formula is C10H22N4O. The number of aliphatic imine (C=N–C) groups is 1. The van der Waals surface area contributed by atoms with Gasteiger partial charge in [-0.2, -0.15) is 0 Å². The summed E-state index contributed by atoms with van der Waals surface area (Å²) in [5.41, 5.74) is 2.79. The van der Waals surface area contributed by atoms with Gasteiger partial charge in [0.2, 0.25) is 5.96 Å². The maximum atomic E-state index is 5.40. The first-order chi connectivity index (χ1) is 7.20. The van der Waals surface area contributed by atoms with Gasteiger partial charge in [0.25, 0.3) is 0 Å². The summed E-state index contributed by atoms with van der Waals surface area (Å²) in [6.45, 7) is 3.66. The van der Waals surface area contributed by atoms with Crippen LogP contribution in [0.25, 0.3) is 0 Å². The molecule has 1 rings (SSSR count). The molecule has 0 atom stereocenters. The van der Waals surface area contributed by atoms with Gasteiger partial charge in [-0.1, -0.05) is 0 Å². The Morgan fingerprint density at radius 1 is 1.53 bits per heavy atom. The molecule has 0 spiro atoms. The fourth-order valence-corrected chi connectivity index (χ4v) is 1.64. The lowest BCUT2D eigenvalue weighted by atomic mass is 9.79. The molecule has 15 heavy (non-hydrogen) atoms. The van der Waals surface area contributed by atoms with Crippen LogP contribution in [-0.2, 0) is 4.74 Å². The minimum atomic E-state index is 0.187. The Morgan fingerprint density at radius 3 is 2.73 bits per heavy atom. The molecule has 0 radical (unpaired) electrons. The Labute approximate surface area is 91.4 Å². The lowest BCUT2D eigenvalue weighted by Gasteiger charge is -2.40. The lowest BCUT2D eigenvalue weighted by Crippen LogP contribution is -2.56. The van der Waals surface area contributed by atoms with Crippen molar-refractivity contribution < 1.29 is 4.74 Å². The van der Waals surface area contributed by atoms with Crippen molar-refractivity contribution >= 4 is 5.96 Å². The monoisotopic (exact) mass is 214 g/mol. The number of hydrogen-bond donors (Lipinski definition) is 3. The number of rotatable bonds is 5. The smallest absolute Gasteiger partial charge is 0.206 e. The first-order valence-corrected chi connectivity index (χ1v) is 5.48. The maximum absolute atomic E-state index is 5.40. The van der Waals surface area contributed by atoms with Gasteiger partial charge in [0.1, 0.15) is 0 Å². The highest BCUT2D eigenvalue weighted by atomic mass is 16.5. The van der Waals surface area contributed by atoms with E-state index >= 15 is 0 Å². The fraction of sp³-hybridized carbons (Fsp3) is 0.900. The molecule has 0 unspecified atom stereocenters. The Balaban J connectivity index is 2.27. The maximum Gasteiger partial charge on any atom is 0.206 e. The number of nitrogens with two attached hydrogens (primary N) is 1. The van der Waals surface area contributed by atoms with Gasteiger partial charge in [0, 0.05) is 25.8 Å². The number of guanidine groups is 1. The third kappa shape index (κ3) is 4.05. The summed E-state index contributed by atoms with van der Waals surface area (Å²) in [6, 6.07) is 0. The highest BCUT2D eigenvalue weighted by Crippen LogP contribution is 2.30. The predicted molar refractivity (Wildman–Crippen MR) is 61.5 cm³/mol. The second-order valence-electron chi connectivity index (χ2n) is 4.26. The molecule has 88 valence electrons. The Morgan fingerprint density at radius 2 is 2.27 bits per heavy atom. The largest absolute Gasteiger partial charge is 0.385 e. The van der Waals surface area contributed by atoms with Crippen molar-refractivity contribution in [2.45, 2.75) is 38.1 Å². The van der Waals surface area contributed by atoms with E-state index in [0.29, 0.717) is 5.96 Å². The second kappa shape index (κ2) is 5.92. The Kier molecular flexibility index (Phi) is 4.84. The molecule has 0 saturated heterocycles. The van der Waals surface area contributed by atoms with Crippen LogP contribution in [0.3, 0.4) is 0 Å². The van der Waals surface area contributed by atoms with Gasteiger partial charge in [-0.05, 0) is 32.6 Å². The van der Waals surface area contributed by atoms with E-state index in [2.05, 4.69) is 22.7 Å². The molecule has 1 saturated carbocycles. The molecule has 0 aromatic carbocycles. The van der Waals surface area contributed by atoms with Gasteiger partial charge in [-0.25, -0.2) is 5.84 Å². The average molecular weight is 214 g/mol. The minimum Gasteiger partial charge on any atom is -0.385 e. The second-order valence-corrected chi connectivity index (χ2v) is 4.26. The number of hydrogen-bond acceptors (Lipinski definition) is 3. The lowest BCUT2D eigenvalue weighted by molar-refractivity contribution is 0.196. The van der Waals surface area contributed by atoms with Crippen molar-refractivity contribution in [3.8, 4) is 0 Å². The molecule has 1 aliphatic rings. The number of methoxy groups -OCH3 is 1. The van der Waals surface area contributed by atoms with E-state index in [1.807, 2.05) is 0 Å². The van der Waals surface area contributed by atoms with E-state index in [9.17, 15) is 0 Å². The zero-order valence-corrected chi connectivity index (χ0v) is 9.68. The standard InChI is InChI=1S/C10H22N4O/c1-10(5-3-6-10)13-9(14-11)12-7-4-8-15-2/h3-8,11H2,1-2H3,(H2,12,13,14). The molecule has 5 heteroatoms. The van der Waals surface area contributed by atoms with E-state index in [-0.39, 0.29) is 5.54 Å². The average Bonchev–Trinajstić information content (AvgIpc) is 2.20. The van der Waals surface area contributed by atoms with E-state index in [0.717, 1.165) is 19.6 Å². The summed E-state index contributed by atoms with van der Waals surface area (Å²) >= 11 is 0. The van der Waals surface area contributed by atoms with E-state index < -0.39 is 0 Å². The van der Waals surface area contributed by atoms with Crippen LogP contribution >= 0.6 is 0 Å². The van der Waals surface area contributed by atoms with Gasteiger partial charge in [0.15, 0.2) is 0 Å². The Bertz CT molecular complexity index is 213.